The average molecular weight is 508 g/mol. The van der Waals surface area contributed by atoms with E-state index in [2.05, 4.69) is 10.6 Å². The number of furan rings is 1. The number of aromatic nitrogens is 2. The summed E-state index contributed by atoms with van der Waals surface area (Å²) < 4.78 is 8.40. The maximum Gasteiger partial charge on any atom is 0.331 e. The molecule has 10 heteroatoms. The van der Waals surface area contributed by atoms with Crippen molar-refractivity contribution in [1.82, 2.24) is 14.0 Å². The largest absolute Gasteiger partial charge is 0.446 e. The van der Waals surface area contributed by atoms with Crippen LogP contribution in [0.2, 0.25) is 0 Å². The van der Waals surface area contributed by atoms with E-state index in [1.165, 1.54) is 4.57 Å². The number of nitrogens with one attached hydrogen (secondary N) is 2. The van der Waals surface area contributed by atoms with Gasteiger partial charge in [-0.3, -0.25) is 24.0 Å². The van der Waals surface area contributed by atoms with Gasteiger partial charge in [0, 0.05) is 37.4 Å². The van der Waals surface area contributed by atoms with Gasteiger partial charge in [-0.25, -0.2) is 9.59 Å². The number of carbonyl (C=O) groups excluding carboxylic acids is 2. The van der Waals surface area contributed by atoms with Gasteiger partial charge in [-0.15, -0.1) is 0 Å². The molecule has 0 bridgehead atoms. The first kappa shape index (κ1) is 24.9. The summed E-state index contributed by atoms with van der Waals surface area (Å²) in [5.41, 5.74) is 0.401. The highest BCUT2D eigenvalue weighted by Crippen LogP contribution is 2.30. The number of carbonyl (C=O) groups is 2. The maximum atomic E-state index is 13.3. The van der Waals surface area contributed by atoms with Gasteiger partial charge in [0.2, 0.25) is 5.91 Å². The number of nitrogens with zero attached hydrogens (tertiary/aromatic N) is 3. The monoisotopic (exact) mass is 507 g/mol. The van der Waals surface area contributed by atoms with Crippen molar-refractivity contribution in [3.8, 4) is 0 Å². The third-order valence-corrected chi connectivity index (χ3v) is 7.14. The zero-order chi connectivity index (χ0) is 26.3. The van der Waals surface area contributed by atoms with Crippen LogP contribution in [0.5, 0.6) is 0 Å². The summed E-state index contributed by atoms with van der Waals surface area (Å²) in [6, 6.07) is 8.09. The van der Waals surface area contributed by atoms with Crippen molar-refractivity contribution in [3.05, 3.63) is 56.9 Å². The second-order valence-corrected chi connectivity index (χ2v) is 10.5. The topological polar surface area (TPSA) is 119 Å². The van der Waals surface area contributed by atoms with Crippen molar-refractivity contribution in [2.75, 3.05) is 23.7 Å². The number of anilines is 2. The van der Waals surface area contributed by atoms with Crippen molar-refractivity contribution < 1.29 is 14.0 Å². The van der Waals surface area contributed by atoms with E-state index in [0.717, 1.165) is 12.8 Å². The molecule has 1 saturated carbocycles. The zero-order valence-corrected chi connectivity index (χ0v) is 21.5. The summed E-state index contributed by atoms with van der Waals surface area (Å²) in [4.78, 5) is 53.8. The smallest absolute Gasteiger partial charge is 0.331 e. The van der Waals surface area contributed by atoms with Gasteiger partial charge in [-0.05, 0) is 76.6 Å². The van der Waals surface area contributed by atoms with Gasteiger partial charge >= 0.3 is 11.7 Å². The minimum atomic E-state index is -0.350. The van der Waals surface area contributed by atoms with Gasteiger partial charge < -0.3 is 14.6 Å². The highest BCUT2D eigenvalue weighted by molar-refractivity contribution is 5.94. The molecule has 2 aliphatic rings. The Bertz CT molecular complexity index is 1460. The van der Waals surface area contributed by atoms with Crippen LogP contribution < -0.4 is 21.9 Å². The fourth-order valence-corrected chi connectivity index (χ4v) is 4.98. The standard InChI is InChI=1S/C27H33N5O5/c1-16(2)32-22-10-9-20(13-21(22)25(34)31(27(32)36)14-18-7-8-18)28-26(35)30-12-4-5-19(15-30)24(33)29-23-11-6-17(3)37-23/h6,9-11,13,16,18-19H,4-5,7-8,12,14-15H2,1-3H3,(H,28,35)(H,29,33)/t19-/m1/s1. The third-order valence-electron chi connectivity index (χ3n) is 7.14. The fourth-order valence-electron chi connectivity index (χ4n) is 4.98. The van der Waals surface area contributed by atoms with Crippen LogP contribution in [0.25, 0.3) is 10.9 Å². The molecule has 1 saturated heterocycles. The molecule has 3 heterocycles. The number of benzene rings is 1. The molecule has 3 aromatic rings. The summed E-state index contributed by atoms with van der Waals surface area (Å²) in [6.45, 7) is 6.87. The molecule has 5 rings (SSSR count). The lowest BCUT2D eigenvalue weighted by molar-refractivity contribution is -0.121. The van der Waals surface area contributed by atoms with Crippen molar-refractivity contribution >= 4 is 34.4 Å². The summed E-state index contributed by atoms with van der Waals surface area (Å²) in [5, 5.41) is 6.06. The van der Waals surface area contributed by atoms with Gasteiger partial charge in [0.15, 0.2) is 5.88 Å². The summed E-state index contributed by atoms with van der Waals surface area (Å²) >= 11 is 0. The lowest BCUT2D eigenvalue weighted by atomic mass is 9.97. The van der Waals surface area contributed by atoms with E-state index in [0.29, 0.717) is 60.1 Å². The van der Waals surface area contributed by atoms with Gasteiger partial charge in [0.1, 0.15) is 5.76 Å². The first-order chi connectivity index (χ1) is 17.7. The number of rotatable bonds is 6. The molecule has 0 radical (unpaired) electrons. The Balaban J connectivity index is 1.34. The minimum Gasteiger partial charge on any atom is -0.446 e. The van der Waals surface area contributed by atoms with Crippen molar-refractivity contribution in [2.24, 2.45) is 11.8 Å². The summed E-state index contributed by atoms with van der Waals surface area (Å²) in [6.07, 6.45) is 3.43. The van der Waals surface area contributed by atoms with Gasteiger partial charge in [0.25, 0.3) is 5.56 Å². The Hall–Kier alpha value is -3.82. The van der Waals surface area contributed by atoms with E-state index in [4.69, 9.17) is 4.42 Å². The number of fused-ring (bicyclic) bond motifs is 1. The van der Waals surface area contributed by atoms with Crippen LogP contribution in [0, 0.1) is 18.8 Å². The van der Waals surface area contributed by atoms with Crippen LogP contribution in [0.4, 0.5) is 16.4 Å². The van der Waals surface area contributed by atoms with Crippen LogP contribution in [0.1, 0.15) is 51.3 Å². The first-order valence-electron chi connectivity index (χ1n) is 12.9. The van der Waals surface area contributed by atoms with Crippen molar-refractivity contribution in [2.45, 2.75) is 59.0 Å². The van der Waals surface area contributed by atoms with Gasteiger partial charge in [-0.1, -0.05) is 0 Å². The molecular weight excluding hydrogens is 474 g/mol. The Morgan fingerprint density at radius 2 is 1.86 bits per heavy atom. The van der Waals surface area contributed by atoms with Gasteiger partial charge in [0.05, 0.1) is 16.8 Å². The molecule has 2 N–H and O–H groups in total. The molecule has 1 atom stereocenters. The van der Waals surface area contributed by atoms with E-state index >= 15 is 0 Å². The maximum absolute atomic E-state index is 13.3. The molecule has 1 aromatic carbocycles. The molecule has 2 aromatic heterocycles. The Morgan fingerprint density at radius 3 is 2.54 bits per heavy atom. The summed E-state index contributed by atoms with van der Waals surface area (Å²) in [7, 11) is 0. The molecular formula is C27H33N5O5. The van der Waals surface area contributed by atoms with E-state index in [1.807, 2.05) is 13.8 Å². The molecule has 0 unspecified atom stereocenters. The van der Waals surface area contributed by atoms with E-state index < -0.39 is 0 Å². The second-order valence-electron chi connectivity index (χ2n) is 10.5. The van der Waals surface area contributed by atoms with E-state index in [-0.39, 0.29) is 41.7 Å². The zero-order valence-electron chi connectivity index (χ0n) is 21.5. The number of hydrogen-bond acceptors (Lipinski definition) is 5. The molecule has 37 heavy (non-hydrogen) atoms. The number of piperidine rings is 1. The second kappa shape index (κ2) is 9.91. The Kier molecular flexibility index (Phi) is 6.66. The number of aryl methyl sites for hydroxylation is 1. The number of amides is 3. The molecule has 1 aliphatic heterocycles. The fraction of sp³-hybridized carbons (Fsp3) is 0.481. The van der Waals surface area contributed by atoms with Crippen molar-refractivity contribution in [3.63, 3.8) is 0 Å². The highest BCUT2D eigenvalue weighted by atomic mass is 16.4. The molecule has 3 amide bonds. The molecule has 10 nitrogen and oxygen atoms in total. The van der Waals surface area contributed by atoms with Crippen molar-refractivity contribution in [1.29, 1.82) is 0 Å². The Morgan fingerprint density at radius 1 is 1.08 bits per heavy atom. The lowest BCUT2D eigenvalue weighted by Gasteiger charge is -2.32. The van der Waals surface area contributed by atoms with Gasteiger partial charge in [-0.2, -0.15) is 0 Å². The van der Waals surface area contributed by atoms with Crippen LogP contribution in [0.15, 0.2) is 44.3 Å². The first-order valence-corrected chi connectivity index (χ1v) is 12.9. The summed E-state index contributed by atoms with van der Waals surface area (Å²) in [5.74, 6) is 0.942. The lowest BCUT2D eigenvalue weighted by Crippen LogP contribution is -2.45. The minimum absolute atomic E-state index is 0.122. The van der Waals surface area contributed by atoms with E-state index in [9.17, 15) is 19.2 Å². The van der Waals surface area contributed by atoms with Crippen LogP contribution in [0.3, 0.4) is 0 Å². The van der Waals surface area contributed by atoms with E-state index in [1.54, 1.807) is 46.7 Å². The Labute approximate surface area is 214 Å². The third kappa shape index (κ3) is 5.19. The molecule has 1 aliphatic carbocycles. The molecule has 0 spiro atoms. The quantitative estimate of drug-likeness (QED) is 0.524. The molecule has 196 valence electrons. The normalized spacial score (nSPS) is 17.8. The average Bonchev–Trinajstić information content (AvgIpc) is 3.61. The number of likely N-dealkylation sites (tertiary alicyclic amines) is 1. The predicted octanol–water partition coefficient (Wildman–Crippen LogP) is 3.94. The predicted molar refractivity (Wildman–Crippen MR) is 141 cm³/mol. The number of hydrogen-bond donors (Lipinski definition) is 2. The SMILES string of the molecule is Cc1ccc(NC(=O)[C@@H]2CCCN(C(=O)Nc3ccc4c(c3)c(=O)n(CC3CC3)c(=O)n4C(C)C)C2)o1. The van der Waals surface area contributed by atoms with Crippen LogP contribution in [-0.2, 0) is 11.3 Å². The molecule has 2 fully saturated rings. The highest BCUT2D eigenvalue weighted by Gasteiger charge is 2.29. The van der Waals surface area contributed by atoms with Crippen LogP contribution >= 0.6 is 0 Å². The van der Waals surface area contributed by atoms with Crippen LogP contribution in [-0.4, -0.2) is 39.1 Å². The number of urea groups is 1.